The van der Waals surface area contributed by atoms with E-state index in [0.29, 0.717) is 26.1 Å². The second kappa shape index (κ2) is 7.66. The van der Waals surface area contributed by atoms with E-state index >= 15 is 0 Å². The molecule has 1 amide bonds. The topological polar surface area (TPSA) is 47.4 Å². The van der Waals surface area contributed by atoms with Crippen molar-refractivity contribution in [3.63, 3.8) is 0 Å². The maximum Gasteiger partial charge on any atom is 0.227 e. The average molecular weight is 361 g/mol. The van der Waals surface area contributed by atoms with Gasteiger partial charge in [0.1, 0.15) is 12.4 Å². The van der Waals surface area contributed by atoms with Gasteiger partial charge in [-0.25, -0.2) is 4.98 Å². The van der Waals surface area contributed by atoms with Crippen molar-refractivity contribution >= 4 is 5.91 Å². The van der Waals surface area contributed by atoms with E-state index in [1.165, 1.54) is 0 Å². The molecule has 27 heavy (non-hydrogen) atoms. The van der Waals surface area contributed by atoms with E-state index in [1.54, 1.807) is 12.5 Å². The number of amides is 1. The third kappa shape index (κ3) is 3.87. The molecule has 0 saturated heterocycles. The van der Waals surface area contributed by atoms with Gasteiger partial charge in [0.05, 0.1) is 18.8 Å². The summed E-state index contributed by atoms with van der Waals surface area (Å²) in [4.78, 5) is 19.3. The first-order valence-corrected chi connectivity index (χ1v) is 9.21. The predicted molar refractivity (Wildman–Crippen MR) is 103 cm³/mol. The van der Waals surface area contributed by atoms with Gasteiger partial charge in [-0.3, -0.25) is 4.79 Å². The molecular weight excluding hydrogens is 338 g/mol. The Hall–Kier alpha value is -3.08. The third-order valence-electron chi connectivity index (χ3n) is 5.09. The molecule has 3 aromatic rings. The minimum absolute atomic E-state index is 0.0527. The number of ether oxygens (including phenoxy) is 1. The Morgan fingerprint density at radius 2 is 2.00 bits per heavy atom. The number of para-hydroxylation sites is 1. The van der Waals surface area contributed by atoms with Crippen LogP contribution >= 0.6 is 0 Å². The zero-order valence-corrected chi connectivity index (χ0v) is 15.4. The minimum atomic E-state index is -0.0527. The Balaban J connectivity index is 1.61. The molecule has 1 aliphatic rings. The molecule has 0 spiro atoms. The first-order valence-electron chi connectivity index (χ1n) is 9.21. The second-order valence-corrected chi connectivity index (χ2v) is 6.96. The van der Waals surface area contributed by atoms with Gasteiger partial charge in [0.15, 0.2) is 0 Å². The van der Waals surface area contributed by atoms with Crippen molar-refractivity contribution in [3.8, 4) is 5.75 Å². The molecule has 138 valence electrons. The van der Waals surface area contributed by atoms with Crippen molar-refractivity contribution in [2.45, 2.75) is 32.5 Å². The van der Waals surface area contributed by atoms with Gasteiger partial charge >= 0.3 is 0 Å². The molecule has 5 nitrogen and oxygen atoms in total. The second-order valence-electron chi connectivity index (χ2n) is 6.96. The molecule has 4 rings (SSSR count). The summed E-state index contributed by atoms with van der Waals surface area (Å²) in [5.74, 6) is 0.981. The van der Waals surface area contributed by atoms with Crippen molar-refractivity contribution in [2.24, 2.45) is 0 Å². The lowest BCUT2D eigenvalue weighted by atomic mass is 10.0. The molecule has 5 heteroatoms. The van der Waals surface area contributed by atoms with Crippen molar-refractivity contribution in [1.82, 2.24) is 14.5 Å². The fourth-order valence-electron chi connectivity index (χ4n) is 3.52. The predicted octanol–water partition coefficient (Wildman–Crippen LogP) is 3.22. The number of benzene rings is 2. The summed E-state index contributed by atoms with van der Waals surface area (Å²) in [6.45, 7) is 3.73. The van der Waals surface area contributed by atoms with Crippen molar-refractivity contribution in [1.29, 1.82) is 0 Å². The zero-order chi connectivity index (χ0) is 18.6. The van der Waals surface area contributed by atoms with Crippen LogP contribution in [0.2, 0.25) is 0 Å². The van der Waals surface area contributed by atoms with E-state index in [1.807, 2.05) is 71.1 Å². The lowest BCUT2D eigenvalue weighted by Gasteiger charge is -2.30. The summed E-state index contributed by atoms with van der Waals surface area (Å²) in [6, 6.07) is 16.0. The molecule has 1 atom stereocenters. The van der Waals surface area contributed by atoms with Gasteiger partial charge in [0.2, 0.25) is 5.91 Å². The number of fused-ring (bicyclic) bond motifs is 1. The molecule has 2 heterocycles. The fraction of sp³-hybridized carbons (Fsp3) is 0.273. The van der Waals surface area contributed by atoms with E-state index in [4.69, 9.17) is 4.74 Å². The Bertz CT molecular complexity index is 921. The SMILES string of the molecule is Cc1ccccc1CC(=O)N1Cc2ccccc2OCC1Cn1ccnc1. The fourth-order valence-corrected chi connectivity index (χ4v) is 3.52. The highest BCUT2D eigenvalue weighted by molar-refractivity contribution is 5.79. The van der Waals surface area contributed by atoms with E-state index in [0.717, 1.165) is 22.4 Å². The van der Waals surface area contributed by atoms with E-state index in [-0.39, 0.29) is 11.9 Å². The zero-order valence-electron chi connectivity index (χ0n) is 15.4. The van der Waals surface area contributed by atoms with Crippen LogP contribution in [0.1, 0.15) is 16.7 Å². The summed E-state index contributed by atoms with van der Waals surface area (Å²) in [7, 11) is 0. The van der Waals surface area contributed by atoms with Gasteiger partial charge in [-0.05, 0) is 24.1 Å². The highest BCUT2D eigenvalue weighted by Gasteiger charge is 2.29. The summed E-state index contributed by atoms with van der Waals surface area (Å²) in [6.07, 6.45) is 5.85. The van der Waals surface area contributed by atoms with Crippen LogP contribution in [0.5, 0.6) is 5.75 Å². The Morgan fingerprint density at radius 3 is 2.81 bits per heavy atom. The standard InChI is InChI=1S/C22H23N3O2/c1-17-6-2-3-7-18(17)12-22(26)25-13-19-8-4-5-9-21(19)27-15-20(25)14-24-11-10-23-16-24/h2-11,16,20H,12-15H2,1H3. The van der Waals surface area contributed by atoms with Gasteiger partial charge in [-0.2, -0.15) is 0 Å². The van der Waals surface area contributed by atoms with Crippen LogP contribution in [0, 0.1) is 6.92 Å². The van der Waals surface area contributed by atoms with Gasteiger partial charge in [0.25, 0.3) is 0 Å². The van der Waals surface area contributed by atoms with E-state index in [2.05, 4.69) is 4.98 Å². The number of carbonyl (C=O) groups is 1. The Labute approximate surface area is 159 Å². The van der Waals surface area contributed by atoms with Gasteiger partial charge < -0.3 is 14.2 Å². The molecule has 1 aliphatic heterocycles. The van der Waals surface area contributed by atoms with Gasteiger partial charge in [-0.1, -0.05) is 42.5 Å². The van der Waals surface area contributed by atoms with Crippen LogP contribution in [0.4, 0.5) is 0 Å². The number of aryl methyl sites for hydroxylation is 1. The molecule has 0 radical (unpaired) electrons. The van der Waals surface area contributed by atoms with Crippen molar-refractivity contribution in [2.75, 3.05) is 6.61 Å². The smallest absolute Gasteiger partial charge is 0.227 e. The van der Waals surface area contributed by atoms with Gasteiger partial charge in [0, 0.05) is 31.0 Å². The average Bonchev–Trinajstić information content (AvgIpc) is 3.12. The molecule has 2 aromatic carbocycles. The van der Waals surface area contributed by atoms with Crippen LogP contribution in [0.15, 0.2) is 67.3 Å². The van der Waals surface area contributed by atoms with Crippen LogP contribution in [0.25, 0.3) is 0 Å². The number of carbonyl (C=O) groups excluding carboxylic acids is 1. The number of nitrogens with zero attached hydrogens (tertiary/aromatic N) is 3. The summed E-state index contributed by atoms with van der Waals surface area (Å²) < 4.78 is 8.03. The van der Waals surface area contributed by atoms with E-state index < -0.39 is 0 Å². The normalized spacial score (nSPS) is 16.3. The molecule has 1 aromatic heterocycles. The van der Waals surface area contributed by atoms with Crippen molar-refractivity contribution < 1.29 is 9.53 Å². The molecule has 0 bridgehead atoms. The number of imidazole rings is 1. The number of aromatic nitrogens is 2. The highest BCUT2D eigenvalue weighted by atomic mass is 16.5. The molecule has 0 aliphatic carbocycles. The summed E-state index contributed by atoms with van der Waals surface area (Å²) >= 11 is 0. The first kappa shape index (κ1) is 17.3. The quantitative estimate of drug-likeness (QED) is 0.717. The highest BCUT2D eigenvalue weighted by Crippen LogP contribution is 2.26. The van der Waals surface area contributed by atoms with Crippen LogP contribution in [-0.4, -0.2) is 33.0 Å². The number of hydrogen-bond acceptors (Lipinski definition) is 3. The lowest BCUT2D eigenvalue weighted by molar-refractivity contribution is -0.134. The molecule has 0 fully saturated rings. The lowest BCUT2D eigenvalue weighted by Crippen LogP contribution is -2.45. The van der Waals surface area contributed by atoms with E-state index in [9.17, 15) is 4.79 Å². The van der Waals surface area contributed by atoms with Crippen molar-refractivity contribution in [3.05, 3.63) is 83.9 Å². The Kier molecular flexibility index (Phi) is 4.92. The maximum atomic E-state index is 13.3. The van der Waals surface area contributed by atoms with Crippen LogP contribution in [-0.2, 0) is 24.3 Å². The third-order valence-corrected chi connectivity index (χ3v) is 5.09. The van der Waals surface area contributed by atoms with Crippen LogP contribution in [0.3, 0.4) is 0 Å². The molecule has 0 saturated carbocycles. The first-order chi connectivity index (χ1) is 13.2. The molecule has 1 unspecified atom stereocenters. The van der Waals surface area contributed by atoms with Crippen LogP contribution < -0.4 is 4.74 Å². The summed E-state index contributed by atoms with van der Waals surface area (Å²) in [5.41, 5.74) is 3.26. The largest absolute Gasteiger partial charge is 0.491 e. The maximum absolute atomic E-state index is 13.3. The number of rotatable bonds is 4. The monoisotopic (exact) mass is 361 g/mol. The van der Waals surface area contributed by atoms with Gasteiger partial charge in [-0.15, -0.1) is 0 Å². The minimum Gasteiger partial charge on any atom is -0.491 e. The molecule has 0 N–H and O–H groups in total. The Morgan fingerprint density at radius 1 is 1.19 bits per heavy atom. The summed E-state index contributed by atoms with van der Waals surface area (Å²) in [5, 5.41) is 0. The number of hydrogen-bond donors (Lipinski definition) is 0. The molecular formula is C22H23N3O2.